The number of amides is 1. The van der Waals surface area contributed by atoms with Gasteiger partial charge in [-0.15, -0.1) is 0 Å². The molecule has 0 aliphatic carbocycles. The molecule has 0 radical (unpaired) electrons. The van der Waals surface area contributed by atoms with Gasteiger partial charge in [-0.1, -0.05) is 30.8 Å². The molecule has 3 aromatic rings. The molecule has 0 atom stereocenters. The van der Waals surface area contributed by atoms with Crippen molar-refractivity contribution in [3.63, 3.8) is 0 Å². The summed E-state index contributed by atoms with van der Waals surface area (Å²) in [5, 5.41) is 9.06. The Morgan fingerprint density at radius 1 is 0.920 bits per heavy atom. The lowest BCUT2D eigenvalue weighted by molar-refractivity contribution is -0.111. The third-order valence-electron chi connectivity index (χ3n) is 3.27. The average molecular weight is 331 g/mol. The summed E-state index contributed by atoms with van der Waals surface area (Å²) >= 11 is 0. The van der Waals surface area contributed by atoms with E-state index in [9.17, 15) is 4.79 Å². The highest BCUT2D eigenvalue weighted by Crippen LogP contribution is 2.20. The Morgan fingerprint density at radius 2 is 1.68 bits per heavy atom. The van der Waals surface area contributed by atoms with E-state index >= 15 is 0 Å². The van der Waals surface area contributed by atoms with E-state index in [1.165, 1.54) is 6.08 Å². The number of carbonyl (C=O) groups excluding carboxylic acids is 1. The summed E-state index contributed by atoms with van der Waals surface area (Å²) in [7, 11) is 0. The molecule has 1 heterocycles. The summed E-state index contributed by atoms with van der Waals surface area (Å²) in [6, 6.07) is 18.8. The fraction of sp³-hybridized carbons (Fsp3) is 0. The van der Waals surface area contributed by atoms with Gasteiger partial charge in [0.1, 0.15) is 5.82 Å². The fourth-order valence-corrected chi connectivity index (χ4v) is 2.16. The van der Waals surface area contributed by atoms with Crippen LogP contribution in [0.3, 0.4) is 0 Å². The van der Waals surface area contributed by atoms with Crippen LogP contribution in [0.5, 0.6) is 0 Å². The number of para-hydroxylation sites is 1. The van der Waals surface area contributed by atoms with E-state index in [-0.39, 0.29) is 5.91 Å². The van der Waals surface area contributed by atoms with Gasteiger partial charge in [-0.3, -0.25) is 4.79 Å². The minimum Gasteiger partial charge on any atom is -0.340 e. The Bertz CT molecular complexity index is 880. The largest absolute Gasteiger partial charge is 0.340 e. The van der Waals surface area contributed by atoms with Crippen molar-refractivity contribution in [2.75, 3.05) is 16.0 Å². The minimum absolute atomic E-state index is 0.256. The van der Waals surface area contributed by atoms with Crippen LogP contribution in [0, 0.1) is 0 Å². The Balaban J connectivity index is 1.73. The van der Waals surface area contributed by atoms with Crippen LogP contribution < -0.4 is 16.0 Å². The molecule has 1 amide bonds. The van der Waals surface area contributed by atoms with Crippen LogP contribution in [0.25, 0.3) is 0 Å². The second-order valence-corrected chi connectivity index (χ2v) is 5.16. The summed E-state index contributed by atoms with van der Waals surface area (Å²) < 4.78 is 0. The highest BCUT2D eigenvalue weighted by molar-refractivity contribution is 5.99. The molecule has 0 saturated carbocycles. The molecule has 3 N–H and O–H groups in total. The van der Waals surface area contributed by atoms with Crippen molar-refractivity contribution in [3.8, 4) is 0 Å². The van der Waals surface area contributed by atoms with E-state index in [2.05, 4.69) is 32.5 Å². The molecule has 0 unspecified atom stereocenters. The molecule has 2 aromatic carbocycles. The van der Waals surface area contributed by atoms with Crippen molar-refractivity contribution < 1.29 is 4.79 Å². The van der Waals surface area contributed by atoms with Crippen molar-refractivity contribution in [2.24, 2.45) is 0 Å². The Morgan fingerprint density at radius 3 is 2.48 bits per heavy atom. The lowest BCUT2D eigenvalue weighted by Crippen LogP contribution is -2.07. The van der Waals surface area contributed by atoms with Gasteiger partial charge in [0.2, 0.25) is 11.9 Å². The maximum absolute atomic E-state index is 11.4. The monoisotopic (exact) mass is 331 g/mol. The topological polar surface area (TPSA) is 78.9 Å². The molecule has 0 bridgehead atoms. The molecule has 3 rings (SSSR count). The van der Waals surface area contributed by atoms with Crippen LogP contribution in [-0.4, -0.2) is 15.9 Å². The van der Waals surface area contributed by atoms with Crippen LogP contribution in [0.4, 0.5) is 28.8 Å². The predicted octanol–water partition coefficient (Wildman–Crippen LogP) is 4.09. The predicted molar refractivity (Wildman–Crippen MR) is 100 cm³/mol. The molecule has 0 spiro atoms. The minimum atomic E-state index is -0.256. The van der Waals surface area contributed by atoms with Gasteiger partial charge in [-0.05, 0) is 42.5 Å². The van der Waals surface area contributed by atoms with E-state index in [1.54, 1.807) is 18.3 Å². The van der Waals surface area contributed by atoms with Crippen molar-refractivity contribution in [3.05, 3.63) is 79.5 Å². The number of benzene rings is 2. The number of nitrogens with zero attached hydrogens (tertiary/aromatic N) is 2. The number of carbonyl (C=O) groups is 1. The molecule has 1 aromatic heterocycles. The van der Waals surface area contributed by atoms with Crippen LogP contribution in [0.1, 0.15) is 0 Å². The number of hydrogen-bond donors (Lipinski definition) is 3. The number of hydrogen-bond acceptors (Lipinski definition) is 5. The molecular formula is C19H17N5O. The van der Waals surface area contributed by atoms with Gasteiger partial charge in [0, 0.05) is 23.3 Å². The maximum atomic E-state index is 11.4. The third kappa shape index (κ3) is 4.65. The number of aromatic nitrogens is 2. The molecule has 6 nitrogen and oxygen atoms in total. The zero-order valence-corrected chi connectivity index (χ0v) is 13.4. The zero-order chi connectivity index (χ0) is 17.5. The highest BCUT2D eigenvalue weighted by atomic mass is 16.1. The van der Waals surface area contributed by atoms with E-state index in [4.69, 9.17) is 0 Å². The number of anilines is 5. The number of nitrogens with one attached hydrogen (secondary N) is 3. The zero-order valence-electron chi connectivity index (χ0n) is 13.4. The van der Waals surface area contributed by atoms with Gasteiger partial charge in [0.15, 0.2) is 0 Å². The molecule has 0 saturated heterocycles. The summed E-state index contributed by atoms with van der Waals surface area (Å²) in [5.74, 6) is 0.876. The highest BCUT2D eigenvalue weighted by Gasteiger charge is 2.03. The van der Waals surface area contributed by atoms with Crippen molar-refractivity contribution in [2.45, 2.75) is 0 Å². The summed E-state index contributed by atoms with van der Waals surface area (Å²) in [4.78, 5) is 20.0. The first-order valence-corrected chi connectivity index (χ1v) is 7.68. The smallest absolute Gasteiger partial charge is 0.247 e. The quantitative estimate of drug-likeness (QED) is 0.593. The Labute approximate surface area is 145 Å². The summed E-state index contributed by atoms with van der Waals surface area (Å²) in [6.45, 7) is 3.44. The van der Waals surface area contributed by atoms with Gasteiger partial charge in [0.05, 0.1) is 0 Å². The van der Waals surface area contributed by atoms with Crippen LogP contribution >= 0.6 is 0 Å². The SMILES string of the molecule is C=CC(=O)Nc1cccc(Nc2ccnc(Nc3ccccc3)n2)c1. The molecular weight excluding hydrogens is 314 g/mol. The standard InChI is InChI=1S/C19H17N5O/c1-2-18(25)22-16-10-6-9-15(13-16)21-17-11-12-20-19(24-17)23-14-7-4-3-5-8-14/h2-13H,1H2,(H,22,25)(H2,20,21,23,24). The molecule has 0 aliphatic rings. The maximum Gasteiger partial charge on any atom is 0.247 e. The summed E-state index contributed by atoms with van der Waals surface area (Å²) in [6.07, 6.45) is 2.90. The first-order valence-electron chi connectivity index (χ1n) is 7.68. The molecule has 0 aliphatic heterocycles. The lowest BCUT2D eigenvalue weighted by atomic mass is 10.2. The molecule has 25 heavy (non-hydrogen) atoms. The molecule has 0 fully saturated rings. The third-order valence-corrected chi connectivity index (χ3v) is 3.27. The van der Waals surface area contributed by atoms with Gasteiger partial charge in [0.25, 0.3) is 0 Å². The second kappa shape index (κ2) is 7.74. The van der Waals surface area contributed by atoms with E-state index in [0.29, 0.717) is 17.5 Å². The van der Waals surface area contributed by atoms with Gasteiger partial charge >= 0.3 is 0 Å². The number of rotatable bonds is 6. The van der Waals surface area contributed by atoms with E-state index < -0.39 is 0 Å². The average Bonchev–Trinajstić information content (AvgIpc) is 2.63. The van der Waals surface area contributed by atoms with Crippen LogP contribution in [0.15, 0.2) is 79.5 Å². The van der Waals surface area contributed by atoms with E-state index in [0.717, 1.165) is 11.4 Å². The van der Waals surface area contributed by atoms with Crippen molar-refractivity contribution >= 4 is 34.7 Å². The van der Waals surface area contributed by atoms with E-state index in [1.807, 2.05) is 48.5 Å². The van der Waals surface area contributed by atoms with Crippen LogP contribution in [-0.2, 0) is 4.79 Å². The summed E-state index contributed by atoms with van der Waals surface area (Å²) in [5.41, 5.74) is 2.38. The van der Waals surface area contributed by atoms with Gasteiger partial charge < -0.3 is 16.0 Å². The molecule has 124 valence electrons. The molecule has 6 heteroatoms. The van der Waals surface area contributed by atoms with Gasteiger partial charge in [-0.2, -0.15) is 4.98 Å². The van der Waals surface area contributed by atoms with Crippen LogP contribution in [0.2, 0.25) is 0 Å². The van der Waals surface area contributed by atoms with Crippen molar-refractivity contribution in [1.82, 2.24) is 9.97 Å². The fourth-order valence-electron chi connectivity index (χ4n) is 2.16. The van der Waals surface area contributed by atoms with Crippen molar-refractivity contribution in [1.29, 1.82) is 0 Å². The van der Waals surface area contributed by atoms with Gasteiger partial charge in [-0.25, -0.2) is 4.98 Å². The Hall–Kier alpha value is -3.67. The first kappa shape index (κ1) is 16.2. The Kier molecular flexibility index (Phi) is 5.01. The lowest BCUT2D eigenvalue weighted by Gasteiger charge is -2.10. The first-order chi connectivity index (χ1) is 12.2. The second-order valence-electron chi connectivity index (χ2n) is 5.16. The normalized spacial score (nSPS) is 9.92.